The number of aromatic amines is 1. The SMILES string of the molecule is Cc1ccc([C@@]2(NC(=O)c3[nH]nc4ncccc34)CCOc3cccnc32)cc1.O=CO. The topological polar surface area (TPSA) is 130 Å². The highest BCUT2D eigenvalue weighted by Crippen LogP contribution is 2.40. The van der Waals surface area contributed by atoms with E-state index in [1.54, 1.807) is 18.5 Å². The number of carbonyl (C=O) groups excluding carboxylic acids is 1. The van der Waals surface area contributed by atoms with Crippen LogP contribution in [0.15, 0.2) is 60.9 Å². The Labute approximate surface area is 183 Å². The molecule has 1 amide bonds. The third kappa shape index (κ3) is 3.76. The summed E-state index contributed by atoms with van der Waals surface area (Å²) in [5.74, 6) is 0.412. The number of amides is 1. The number of nitrogens with one attached hydrogen (secondary N) is 2. The minimum atomic E-state index is -0.806. The molecule has 9 nitrogen and oxygen atoms in total. The van der Waals surface area contributed by atoms with Gasteiger partial charge in [-0.15, -0.1) is 0 Å². The van der Waals surface area contributed by atoms with Gasteiger partial charge in [0.15, 0.2) is 5.65 Å². The molecule has 3 N–H and O–H groups in total. The highest BCUT2D eigenvalue weighted by Gasteiger charge is 2.42. The summed E-state index contributed by atoms with van der Waals surface area (Å²) in [4.78, 5) is 30.5. The largest absolute Gasteiger partial charge is 0.491 e. The zero-order valence-electron chi connectivity index (χ0n) is 17.3. The quantitative estimate of drug-likeness (QED) is 0.425. The number of hydrogen-bond acceptors (Lipinski definition) is 6. The minimum Gasteiger partial charge on any atom is -0.491 e. The summed E-state index contributed by atoms with van der Waals surface area (Å²) in [7, 11) is 0. The second-order valence-corrected chi connectivity index (χ2v) is 7.25. The summed E-state index contributed by atoms with van der Waals surface area (Å²) in [6.45, 7) is 2.26. The number of fused-ring (bicyclic) bond motifs is 2. The van der Waals surface area contributed by atoms with E-state index in [2.05, 4.69) is 25.5 Å². The Morgan fingerprint density at radius 1 is 1.16 bits per heavy atom. The molecule has 3 aromatic heterocycles. The Morgan fingerprint density at radius 3 is 2.66 bits per heavy atom. The van der Waals surface area contributed by atoms with Gasteiger partial charge in [0.1, 0.15) is 22.7 Å². The highest BCUT2D eigenvalue weighted by atomic mass is 16.5. The second kappa shape index (κ2) is 8.84. The maximum Gasteiger partial charge on any atom is 0.290 e. The zero-order valence-corrected chi connectivity index (χ0v) is 17.3. The van der Waals surface area contributed by atoms with Crippen LogP contribution in [0.25, 0.3) is 11.0 Å². The minimum absolute atomic E-state index is 0.250. The number of pyridine rings is 2. The van der Waals surface area contributed by atoms with Crippen LogP contribution in [0, 0.1) is 6.92 Å². The zero-order chi connectivity index (χ0) is 22.6. The van der Waals surface area contributed by atoms with Crippen LogP contribution in [-0.2, 0) is 10.3 Å². The smallest absolute Gasteiger partial charge is 0.290 e. The maximum absolute atomic E-state index is 13.4. The van der Waals surface area contributed by atoms with Gasteiger partial charge in [0.2, 0.25) is 0 Å². The van der Waals surface area contributed by atoms with Crippen molar-refractivity contribution < 1.29 is 19.4 Å². The van der Waals surface area contributed by atoms with Crippen LogP contribution >= 0.6 is 0 Å². The van der Waals surface area contributed by atoms with Crippen molar-refractivity contribution in [1.82, 2.24) is 25.5 Å². The number of ether oxygens (including phenoxy) is 1. The van der Waals surface area contributed by atoms with Crippen molar-refractivity contribution in [2.45, 2.75) is 18.9 Å². The summed E-state index contributed by atoms with van der Waals surface area (Å²) in [5, 5.41) is 17.8. The maximum atomic E-state index is 13.4. The van der Waals surface area contributed by atoms with Gasteiger partial charge in [0, 0.05) is 18.8 Å². The summed E-state index contributed by atoms with van der Waals surface area (Å²) in [5.41, 5.74) is 2.89. The Balaban J connectivity index is 0.000000775. The van der Waals surface area contributed by atoms with Gasteiger partial charge in [0.05, 0.1) is 12.0 Å². The molecule has 0 radical (unpaired) electrons. The summed E-state index contributed by atoms with van der Waals surface area (Å²) >= 11 is 0. The predicted molar refractivity (Wildman–Crippen MR) is 116 cm³/mol. The number of carbonyl (C=O) groups is 2. The van der Waals surface area contributed by atoms with Gasteiger partial charge in [-0.1, -0.05) is 29.8 Å². The fourth-order valence-electron chi connectivity index (χ4n) is 3.85. The Morgan fingerprint density at radius 2 is 1.88 bits per heavy atom. The van der Waals surface area contributed by atoms with Crippen LogP contribution in [-0.4, -0.2) is 44.3 Å². The number of nitrogens with zero attached hydrogens (tertiary/aromatic N) is 3. The second-order valence-electron chi connectivity index (χ2n) is 7.25. The lowest BCUT2D eigenvalue weighted by atomic mass is 9.81. The van der Waals surface area contributed by atoms with Gasteiger partial charge in [-0.2, -0.15) is 5.10 Å². The lowest BCUT2D eigenvalue weighted by molar-refractivity contribution is -0.122. The molecule has 5 rings (SSSR count). The fraction of sp³-hybridized carbons (Fsp3) is 0.174. The van der Waals surface area contributed by atoms with Crippen molar-refractivity contribution in [2.24, 2.45) is 0 Å². The summed E-state index contributed by atoms with van der Waals surface area (Å²) in [6.07, 6.45) is 3.94. The Hall–Kier alpha value is -4.27. The average molecular weight is 431 g/mol. The predicted octanol–water partition coefficient (Wildman–Crippen LogP) is 2.82. The highest BCUT2D eigenvalue weighted by molar-refractivity contribution is 6.04. The molecule has 1 aliphatic rings. The van der Waals surface area contributed by atoms with Crippen LogP contribution in [0.5, 0.6) is 5.75 Å². The van der Waals surface area contributed by atoms with E-state index in [1.807, 2.05) is 49.4 Å². The van der Waals surface area contributed by atoms with Gasteiger partial charge in [0.25, 0.3) is 12.4 Å². The molecule has 0 saturated carbocycles. The van der Waals surface area contributed by atoms with Gasteiger partial charge in [-0.05, 0) is 36.8 Å². The standard InChI is InChI=1S/C22H19N5O2.CH2O2/c1-14-6-8-15(9-7-14)22(10-13-29-17-5-3-11-23-19(17)22)25-21(28)18-16-4-2-12-24-20(16)27-26-18;2-1-3/h2-9,11-12H,10,13H2,1H3,(H,25,28)(H,24,26,27);1H,(H,2,3)/t22-;/m0./s1. The molecule has 0 saturated heterocycles. The summed E-state index contributed by atoms with van der Waals surface area (Å²) in [6, 6.07) is 15.5. The van der Waals surface area contributed by atoms with Crippen molar-refractivity contribution in [1.29, 1.82) is 0 Å². The van der Waals surface area contributed by atoms with E-state index < -0.39 is 5.54 Å². The van der Waals surface area contributed by atoms with Crippen LogP contribution in [0.3, 0.4) is 0 Å². The van der Waals surface area contributed by atoms with Crippen LogP contribution < -0.4 is 10.1 Å². The van der Waals surface area contributed by atoms with Crippen molar-refractivity contribution in [3.05, 3.63) is 83.4 Å². The lowest BCUT2D eigenvalue weighted by Crippen LogP contribution is -2.50. The number of aryl methyl sites for hydroxylation is 1. The van der Waals surface area contributed by atoms with E-state index in [0.717, 1.165) is 11.1 Å². The van der Waals surface area contributed by atoms with E-state index >= 15 is 0 Å². The van der Waals surface area contributed by atoms with Crippen molar-refractivity contribution >= 4 is 23.4 Å². The van der Waals surface area contributed by atoms with Gasteiger partial charge < -0.3 is 15.2 Å². The Kier molecular flexibility index (Phi) is 5.80. The number of H-pyrrole nitrogens is 1. The molecule has 0 spiro atoms. The van der Waals surface area contributed by atoms with Crippen molar-refractivity contribution in [3.63, 3.8) is 0 Å². The molecular weight excluding hydrogens is 410 g/mol. The molecule has 0 bridgehead atoms. The van der Waals surface area contributed by atoms with E-state index in [0.29, 0.717) is 41.2 Å². The lowest BCUT2D eigenvalue weighted by Gasteiger charge is -2.38. The molecule has 0 fully saturated rings. The van der Waals surface area contributed by atoms with E-state index in [-0.39, 0.29) is 12.4 Å². The van der Waals surface area contributed by atoms with Crippen LogP contribution in [0.1, 0.15) is 33.7 Å². The number of aromatic nitrogens is 4. The molecule has 0 unspecified atom stereocenters. The third-order valence-electron chi connectivity index (χ3n) is 5.34. The fourth-order valence-corrected chi connectivity index (χ4v) is 3.85. The molecule has 32 heavy (non-hydrogen) atoms. The monoisotopic (exact) mass is 431 g/mol. The summed E-state index contributed by atoms with van der Waals surface area (Å²) < 4.78 is 5.82. The first-order chi connectivity index (χ1) is 15.6. The number of carboxylic acid groups (broad SMARTS) is 1. The van der Waals surface area contributed by atoms with Crippen molar-refractivity contribution in [3.8, 4) is 5.75 Å². The first-order valence-electron chi connectivity index (χ1n) is 9.94. The molecule has 1 aliphatic heterocycles. The molecule has 0 aliphatic carbocycles. The molecule has 1 atom stereocenters. The first-order valence-corrected chi connectivity index (χ1v) is 9.94. The molecule has 9 heteroatoms. The molecular formula is C23H21N5O4. The Bertz CT molecular complexity index is 1250. The van der Waals surface area contributed by atoms with E-state index in [1.165, 1.54) is 0 Å². The molecule has 162 valence electrons. The number of rotatable bonds is 3. The van der Waals surface area contributed by atoms with E-state index in [9.17, 15) is 4.79 Å². The molecule has 4 aromatic rings. The van der Waals surface area contributed by atoms with Gasteiger partial charge >= 0.3 is 0 Å². The van der Waals surface area contributed by atoms with Gasteiger partial charge in [-0.25, -0.2) is 4.98 Å². The van der Waals surface area contributed by atoms with Crippen molar-refractivity contribution in [2.75, 3.05) is 6.61 Å². The normalized spacial score (nSPS) is 16.8. The third-order valence-corrected chi connectivity index (χ3v) is 5.34. The molecule has 1 aromatic carbocycles. The first kappa shape index (κ1) is 21.0. The average Bonchev–Trinajstić information content (AvgIpc) is 3.25. The number of benzene rings is 1. The van der Waals surface area contributed by atoms with E-state index in [4.69, 9.17) is 14.6 Å². The van der Waals surface area contributed by atoms with Gasteiger partial charge in [-0.3, -0.25) is 19.7 Å². The molecule has 4 heterocycles. The van der Waals surface area contributed by atoms with Crippen LogP contribution in [0.4, 0.5) is 0 Å². The van der Waals surface area contributed by atoms with Crippen LogP contribution in [0.2, 0.25) is 0 Å². The number of hydrogen-bond donors (Lipinski definition) is 3.